The summed E-state index contributed by atoms with van der Waals surface area (Å²) in [6.07, 6.45) is 1.83. The molecule has 0 spiro atoms. The summed E-state index contributed by atoms with van der Waals surface area (Å²) < 4.78 is 4.93. The van der Waals surface area contributed by atoms with E-state index in [9.17, 15) is 9.59 Å². The Balaban J connectivity index is 2.80. The quantitative estimate of drug-likeness (QED) is 0.525. The molecule has 0 aromatic rings. The van der Waals surface area contributed by atoms with Gasteiger partial charge in [-0.15, -0.1) is 11.6 Å². The molecule has 0 N–H and O–H groups in total. The fourth-order valence-electron chi connectivity index (χ4n) is 1.74. The molecule has 4 heteroatoms. The van der Waals surface area contributed by atoms with E-state index in [0.29, 0.717) is 19.4 Å². The summed E-state index contributed by atoms with van der Waals surface area (Å²) in [6, 6.07) is 0. The van der Waals surface area contributed by atoms with Gasteiger partial charge in [0, 0.05) is 6.42 Å². The Morgan fingerprint density at radius 2 is 2.36 bits per heavy atom. The lowest BCUT2D eigenvalue weighted by molar-refractivity contribution is -0.158. The number of Topliss-reactive ketones (excluding diaryl/α,β-unsaturated/α-hetero) is 1. The molecule has 1 fully saturated rings. The minimum Gasteiger partial charge on any atom is -0.466 e. The summed E-state index contributed by atoms with van der Waals surface area (Å²) in [5.41, 5.74) is -0.826. The van der Waals surface area contributed by atoms with Gasteiger partial charge in [0.25, 0.3) is 0 Å². The van der Waals surface area contributed by atoms with Crippen LogP contribution >= 0.6 is 11.6 Å². The molecule has 0 aromatic carbocycles. The van der Waals surface area contributed by atoms with Crippen molar-refractivity contribution in [1.82, 2.24) is 0 Å². The standard InChI is InChI=1S/C10H15ClO3/c1-3-14-9(13)10(2)6-4-5-7(12)8(10)11/h8H,3-6H2,1-2H3. The van der Waals surface area contributed by atoms with Crippen LogP contribution < -0.4 is 0 Å². The molecule has 1 aliphatic rings. The van der Waals surface area contributed by atoms with Crippen LogP contribution in [0.1, 0.15) is 33.1 Å². The van der Waals surface area contributed by atoms with Crippen molar-refractivity contribution in [1.29, 1.82) is 0 Å². The minimum atomic E-state index is -0.826. The van der Waals surface area contributed by atoms with Crippen molar-refractivity contribution in [3.63, 3.8) is 0 Å². The highest BCUT2D eigenvalue weighted by atomic mass is 35.5. The molecule has 0 amide bonds. The highest BCUT2D eigenvalue weighted by Crippen LogP contribution is 2.38. The van der Waals surface area contributed by atoms with Gasteiger partial charge in [-0.2, -0.15) is 0 Å². The van der Waals surface area contributed by atoms with Crippen LogP contribution in [0.25, 0.3) is 0 Å². The summed E-state index contributed by atoms with van der Waals surface area (Å²) in [4.78, 5) is 23.0. The summed E-state index contributed by atoms with van der Waals surface area (Å²) >= 11 is 5.95. The molecule has 1 aliphatic carbocycles. The van der Waals surface area contributed by atoms with Gasteiger partial charge in [-0.25, -0.2) is 0 Å². The van der Waals surface area contributed by atoms with E-state index in [2.05, 4.69) is 0 Å². The second-order valence-electron chi connectivity index (χ2n) is 3.82. The first-order chi connectivity index (χ1) is 6.52. The van der Waals surface area contributed by atoms with Gasteiger partial charge < -0.3 is 4.74 Å². The third kappa shape index (κ3) is 1.92. The maximum atomic E-state index is 11.6. The van der Waals surface area contributed by atoms with Crippen LogP contribution in [0.15, 0.2) is 0 Å². The number of rotatable bonds is 2. The van der Waals surface area contributed by atoms with Crippen LogP contribution in [0.2, 0.25) is 0 Å². The number of alkyl halides is 1. The number of halogens is 1. The summed E-state index contributed by atoms with van der Waals surface area (Å²) in [5, 5.41) is -0.727. The van der Waals surface area contributed by atoms with Gasteiger partial charge in [-0.1, -0.05) is 0 Å². The molecule has 0 heterocycles. The third-order valence-electron chi connectivity index (χ3n) is 2.70. The van der Waals surface area contributed by atoms with Gasteiger partial charge in [0.1, 0.15) is 5.38 Å². The monoisotopic (exact) mass is 218 g/mol. The second kappa shape index (κ2) is 4.30. The lowest BCUT2D eigenvalue weighted by atomic mass is 9.74. The van der Waals surface area contributed by atoms with Crippen molar-refractivity contribution in [2.75, 3.05) is 6.61 Å². The molecular formula is C10H15ClO3. The molecule has 3 nitrogen and oxygen atoms in total. The van der Waals surface area contributed by atoms with Gasteiger partial charge in [-0.05, 0) is 26.7 Å². The topological polar surface area (TPSA) is 43.4 Å². The molecule has 1 saturated carbocycles. The average molecular weight is 219 g/mol. The molecule has 2 atom stereocenters. The van der Waals surface area contributed by atoms with Gasteiger partial charge in [0.2, 0.25) is 0 Å². The maximum absolute atomic E-state index is 11.6. The van der Waals surface area contributed by atoms with Crippen molar-refractivity contribution in [2.24, 2.45) is 5.41 Å². The number of carbonyl (C=O) groups excluding carboxylic acids is 2. The normalized spacial score (nSPS) is 32.8. The van der Waals surface area contributed by atoms with E-state index in [0.717, 1.165) is 6.42 Å². The van der Waals surface area contributed by atoms with Crippen molar-refractivity contribution in [2.45, 2.75) is 38.5 Å². The van der Waals surface area contributed by atoms with Gasteiger partial charge in [0.05, 0.1) is 12.0 Å². The van der Waals surface area contributed by atoms with Crippen LogP contribution in [0.5, 0.6) is 0 Å². The minimum absolute atomic E-state index is 0.0477. The van der Waals surface area contributed by atoms with Crippen LogP contribution in [-0.4, -0.2) is 23.7 Å². The Kier molecular flexibility index (Phi) is 3.53. The molecule has 0 aromatic heterocycles. The summed E-state index contributed by atoms with van der Waals surface area (Å²) in [6.45, 7) is 3.78. The summed E-state index contributed by atoms with van der Waals surface area (Å²) in [5.74, 6) is -0.401. The van der Waals surface area contributed by atoms with E-state index in [-0.39, 0.29) is 11.8 Å². The zero-order valence-electron chi connectivity index (χ0n) is 8.51. The Morgan fingerprint density at radius 1 is 1.71 bits per heavy atom. The first kappa shape index (κ1) is 11.5. The number of ketones is 1. The molecule has 0 aliphatic heterocycles. The van der Waals surface area contributed by atoms with E-state index in [4.69, 9.17) is 16.3 Å². The SMILES string of the molecule is CCOC(=O)C1(C)CCCC(=O)C1Cl. The van der Waals surface area contributed by atoms with E-state index in [1.165, 1.54) is 0 Å². The van der Waals surface area contributed by atoms with E-state index >= 15 is 0 Å². The molecule has 2 unspecified atom stereocenters. The number of hydrogen-bond acceptors (Lipinski definition) is 3. The highest BCUT2D eigenvalue weighted by Gasteiger charge is 2.47. The third-order valence-corrected chi connectivity index (χ3v) is 3.43. The van der Waals surface area contributed by atoms with E-state index in [1.54, 1.807) is 13.8 Å². The molecule has 0 radical (unpaired) electrons. The smallest absolute Gasteiger partial charge is 0.313 e. The molecule has 0 saturated heterocycles. The number of hydrogen-bond donors (Lipinski definition) is 0. The van der Waals surface area contributed by atoms with Gasteiger partial charge >= 0.3 is 5.97 Å². The molecule has 1 rings (SSSR count). The van der Waals surface area contributed by atoms with E-state index < -0.39 is 10.8 Å². The van der Waals surface area contributed by atoms with Crippen molar-refractivity contribution in [3.8, 4) is 0 Å². The Hall–Kier alpha value is -0.570. The molecule has 0 bridgehead atoms. The Morgan fingerprint density at radius 3 is 2.93 bits per heavy atom. The fraction of sp³-hybridized carbons (Fsp3) is 0.800. The van der Waals surface area contributed by atoms with Crippen LogP contribution in [0.4, 0.5) is 0 Å². The lowest BCUT2D eigenvalue weighted by Gasteiger charge is -2.34. The Labute approximate surface area is 88.8 Å². The predicted molar refractivity (Wildman–Crippen MR) is 53.2 cm³/mol. The van der Waals surface area contributed by atoms with Gasteiger partial charge in [0.15, 0.2) is 5.78 Å². The Bertz CT molecular complexity index is 252. The zero-order chi connectivity index (χ0) is 10.8. The number of esters is 1. The van der Waals surface area contributed by atoms with Crippen molar-refractivity contribution < 1.29 is 14.3 Å². The van der Waals surface area contributed by atoms with Crippen LogP contribution in [0, 0.1) is 5.41 Å². The van der Waals surface area contributed by atoms with Crippen LogP contribution in [0.3, 0.4) is 0 Å². The van der Waals surface area contributed by atoms with Gasteiger partial charge in [-0.3, -0.25) is 9.59 Å². The lowest BCUT2D eigenvalue weighted by Crippen LogP contribution is -2.45. The number of ether oxygens (including phenoxy) is 1. The fourth-order valence-corrected chi connectivity index (χ4v) is 2.05. The highest BCUT2D eigenvalue weighted by molar-refractivity contribution is 6.33. The predicted octanol–water partition coefficient (Wildman–Crippen LogP) is 1.92. The largest absolute Gasteiger partial charge is 0.466 e. The second-order valence-corrected chi connectivity index (χ2v) is 4.26. The molecule has 14 heavy (non-hydrogen) atoms. The van der Waals surface area contributed by atoms with Crippen LogP contribution in [-0.2, 0) is 14.3 Å². The molecule has 80 valence electrons. The number of carbonyl (C=O) groups is 2. The zero-order valence-corrected chi connectivity index (χ0v) is 9.26. The van der Waals surface area contributed by atoms with E-state index in [1.807, 2.05) is 0 Å². The molecular weight excluding hydrogens is 204 g/mol. The first-order valence-electron chi connectivity index (χ1n) is 4.86. The van der Waals surface area contributed by atoms with Crippen molar-refractivity contribution in [3.05, 3.63) is 0 Å². The first-order valence-corrected chi connectivity index (χ1v) is 5.30. The van der Waals surface area contributed by atoms with Crippen molar-refractivity contribution >= 4 is 23.4 Å². The maximum Gasteiger partial charge on any atom is 0.313 e. The average Bonchev–Trinajstić information content (AvgIpc) is 2.14. The summed E-state index contributed by atoms with van der Waals surface area (Å²) in [7, 11) is 0.